The molecule has 124 valence electrons. The van der Waals surface area contributed by atoms with E-state index in [1.165, 1.54) is 0 Å². The van der Waals surface area contributed by atoms with E-state index in [4.69, 9.17) is 9.26 Å². The maximum absolute atomic E-state index is 12.3. The summed E-state index contributed by atoms with van der Waals surface area (Å²) in [4.78, 5) is 14.7. The van der Waals surface area contributed by atoms with E-state index in [1.807, 2.05) is 6.92 Å². The lowest BCUT2D eigenvalue weighted by molar-refractivity contribution is 0.0923. The van der Waals surface area contributed by atoms with Gasteiger partial charge in [-0.1, -0.05) is 12.1 Å². The van der Waals surface area contributed by atoms with E-state index in [9.17, 15) is 4.79 Å². The van der Waals surface area contributed by atoms with Crippen LogP contribution in [0.5, 0.6) is 0 Å². The number of likely N-dealkylation sites (tertiary alicyclic amines) is 1. The molecule has 1 fully saturated rings. The van der Waals surface area contributed by atoms with Crippen LogP contribution < -0.4 is 5.32 Å². The summed E-state index contributed by atoms with van der Waals surface area (Å²) in [6.07, 6.45) is 2.94. The van der Waals surface area contributed by atoms with Gasteiger partial charge in [0.05, 0.1) is 12.3 Å². The number of ether oxygens (including phenoxy) is 1. The number of piperidine rings is 1. The number of rotatable bonds is 7. The normalized spacial score (nSPS) is 16.9. The Hall–Kier alpha value is -1.40. The average molecular weight is 309 g/mol. The van der Waals surface area contributed by atoms with Gasteiger partial charge in [-0.25, -0.2) is 0 Å². The first kappa shape index (κ1) is 17.0. The van der Waals surface area contributed by atoms with Crippen LogP contribution in [0.3, 0.4) is 0 Å². The second-order valence-electron chi connectivity index (χ2n) is 5.90. The molecule has 6 heteroatoms. The highest BCUT2D eigenvalue weighted by Crippen LogP contribution is 2.17. The summed E-state index contributed by atoms with van der Waals surface area (Å²) in [6, 6.07) is 0. The van der Waals surface area contributed by atoms with Crippen molar-refractivity contribution in [2.24, 2.45) is 5.92 Å². The Morgan fingerprint density at radius 2 is 2.18 bits per heavy atom. The van der Waals surface area contributed by atoms with E-state index < -0.39 is 0 Å². The van der Waals surface area contributed by atoms with E-state index >= 15 is 0 Å². The molecule has 1 N–H and O–H groups in total. The molecule has 0 aliphatic carbocycles. The first-order valence-corrected chi connectivity index (χ1v) is 8.10. The summed E-state index contributed by atoms with van der Waals surface area (Å²) < 4.78 is 10.2. The van der Waals surface area contributed by atoms with Crippen molar-refractivity contribution >= 4 is 5.91 Å². The van der Waals surface area contributed by atoms with Gasteiger partial charge in [0.25, 0.3) is 5.91 Å². The lowest BCUT2D eigenvalue weighted by Gasteiger charge is -2.31. The third kappa shape index (κ3) is 4.30. The minimum Gasteiger partial charge on any atom is -0.383 e. The molecule has 1 aromatic rings. The van der Waals surface area contributed by atoms with Gasteiger partial charge in [-0.3, -0.25) is 4.79 Å². The Labute approximate surface area is 132 Å². The Kier molecular flexibility index (Phi) is 6.39. The largest absolute Gasteiger partial charge is 0.383 e. The summed E-state index contributed by atoms with van der Waals surface area (Å²) in [5.41, 5.74) is 1.35. The molecule has 0 atom stereocenters. The highest BCUT2D eigenvalue weighted by Gasteiger charge is 2.22. The molecule has 2 rings (SSSR count). The number of aromatic nitrogens is 1. The van der Waals surface area contributed by atoms with Gasteiger partial charge in [0.15, 0.2) is 0 Å². The Bertz CT molecular complexity index is 479. The smallest absolute Gasteiger partial charge is 0.256 e. The summed E-state index contributed by atoms with van der Waals surface area (Å²) in [5.74, 6) is 1.09. The Morgan fingerprint density at radius 1 is 1.45 bits per heavy atom. The van der Waals surface area contributed by atoms with Crippen molar-refractivity contribution in [1.82, 2.24) is 15.4 Å². The minimum atomic E-state index is -0.0580. The molecule has 22 heavy (non-hydrogen) atoms. The van der Waals surface area contributed by atoms with Gasteiger partial charge in [0, 0.05) is 20.2 Å². The Morgan fingerprint density at radius 3 is 2.82 bits per heavy atom. The van der Waals surface area contributed by atoms with Crippen molar-refractivity contribution in [2.45, 2.75) is 33.1 Å². The quantitative estimate of drug-likeness (QED) is 0.829. The molecule has 0 radical (unpaired) electrons. The molecule has 0 spiro atoms. The maximum atomic E-state index is 12.3. The SMILES string of the molecule is CCc1noc(C)c1C(=O)NCC1CCN(CCOC)CC1. The monoisotopic (exact) mass is 309 g/mol. The van der Waals surface area contributed by atoms with E-state index in [0.29, 0.717) is 23.7 Å². The van der Waals surface area contributed by atoms with Gasteiger partial charge in [0.1, 0.15) is 11.3 Å². The van der Waals surface area contributed by atoms with Gasteiger partial charge >= 0.3 is 0 Å². The number of methoxy groups -OCH3 is 1. The van der Waals surface area contributed by atoms with E-state index in [-0.39, 0.29) is 5.91 Å². The van der Waals surface area contributed by atoms with Crippen LogP contribution in [-0.2, 0) is 11.2 Å². The third-order valence-electron chi connectivity index (χ3n) is 4.37. The first-order chi connectivity index (χ1) is 10.7. The van der Waals surface area contributed by atoms with Crippen molar-refractivity contribution in [3.05, 3.63) is 17.0 Å². The molecule has 1 saturated heterocycles. The van der Waals surface area contributed by atoms with Crippen LogP contribution in [0.2, 0.25) is 0 Å². The maximum Gasteiger partial charge on any atom is 0.256 e. The number of carbonyl (C=O) groups is 1. The third-order valence-corrected chi connectivity index (χ3v) is 4.37. The molecule has 1 aliphatic rings. The number of carbonyl (C=O) groups excluding carboxylic acids is 1. The minimum absolute atomic E-state index is 0.0580. The van der Waals surface area contributed by atoms with Crippen LogP contribution in [-0.4, -0.2) is 55.9 Å². The van der Waals surface area contributed by atoms with Crippen molar-refractivity contribution in [1.29, 1.82) is 0 Å². The van der Waals surface area contributed by atoms with Crippen LogP contribution in [0.1, 0.15) is 41.6 Å². The lowest BCUT2D eigenvalue weighted by Crippen LogP contribution is -2.40. The Balaban J connectivity index is 1.77. The lowest BCUT2D eigenvalue weighted by atomic mass is 9.96. The molecule has 2 heterocycles. The fourth-order valence-electron chi connectivity index (χ4n) is 2.91. The number of amides is 1. The van der Waals surface area contributed by atoms with Crippen molar-refractivity contribution in [3.8, 4) is 0 Å². The van der Waals surface area contributed by atoms with Crippen LogP contribution in [0, 0.1) is 12.8 Å². The molecule has 0 aromatic carbocycles. The highest BCUT2D eigenvalue weighted by molar-refractivity contribution is 5.96. The van der Waals surface area contributed by atoms with Gasteiger partial charge in [-0.05, 0) is 45.2 Å². The fraction of sp³-hybridized carbons (Fsp3) is 0.750. The first-order valence-electron chi connectivity index (χ1n) is 8.10. The van der Waals surface area contributed by atoms with Gasteiger partial charge in [-0.15, -0.1) is 0 Å². The zero-order chi connectivity index (χ0) is 15.9. The topological polar surface area (TPSA) is 67.6 Å². The van der Waals surface area contributed by atoms with Crippen LogP contribution >= 0.6 is 0 Å². The molecule has 6 nitrogen and oxygen atoms in total. The average Bonchev–Trinajstić information content (AvgIpc) is 2.92. The molecule has 0 unspecified atom stereocenters. The van der Waals surface area contributed by atoms with E-state index in [1.54, 1.807) is 14.0 Å². The van der Waals surface area contributed by atoms with Gasteiger partial charge < -0.3 is 19.5 Å². The number of hydrogen-bond acceptors (Lipinski definition) is 5. The fourth-order valence-corrected chi connectivity index (χ4v) is 2.91. The predicted molar refractivity (Wildman–Crippen MR) is 84.0 cm³/mol. The number of nitrogens with zero attached hydrogens (tertiary/aromatic N) is 2. The van der Waals surface area contributed by atoms with Crippen LogP contribution in [0.15, 0.2) is 4.52 Å². The molecule has 1 aromatic heterocycles. The van der Waals surface area contributed by atoms with Gasteiger partial charge in [-0.2, -0.15) is 0 Å². The zero-order valence-electron chi connectivity index (χ0n) is 13.9. The molecule has 1 amide bonds. The summed E-state index contributed by atoms with van der Waals surface area (Å²) in [6.45, 7) is 8.43. The van der Waals surface area contributed by atoms with E-state index in [2.05, 4.69) is 15.4 Å². The van der Waals surface area contributed by atoms with Crippen molar-refractivity contribution < 1.29 is 14.1 Å². The standard InChI is InChI=1S/C16H27N3O3/c1-4-14-15(12(2)22-18-14)16(20)17-11-13-5-7-19(8-6-13)9-10-21-3/h13H,4-11H2,1-3H3,(H,17,20). The molecular formula is C16H27N3O3. The molecule has 0 bridgehead atoms. The summed E-state index contributed by atoms with van der Waals surface area (Å²) in [5, 5.41) is 6.98. The van der Waals surface area contributed by atoms with Crippen molar-refractivity contribution in [3.63, 3.8) is 0 Å². The van der Waals surface area contributed by atoms with Gasteiger partial charge in [0.2, 0.25) is 0 Å². The van der Waals surface area contributed by atoms with E-state index in [0.717, 1.165) is 51.3 Å². The molecule has 1 aliphatic heterocycles. The molecule has 0 saturated carbocycles. The van der Waals surface area contributed by atoms with Crippen LogP contribution in [0.4, 0.5) is 0 Å². The van der Waals surface area contributed by atoms with Crippen LogP contribution in [0.25, 0.3) is 0 Å². The number of aryl methyl sites for hydroxylation is 2. The summed E-state index contributed by atoms with van der Waals surface area (Å²) in [7, 11) is 1.74. The second kappa shape index (κ2) is 8.29. The second-order valence-corrected chi connectivity index (χ2v) is 5.90. The van der Waals surface area contributed by atoms with Crippen molar-refractivity contribution in [2.75, 3.05) is 39.9 Å². The number of nitrogens with one attached hydrogen (secondary N) is 1. The predicted octanol–water partition coefficient (Wildman–Crippen LogP) is 1.63. The highest BCUT2D eigenvalue weighted by atomic mass is 16.5. The zero-order valence-corrected chi connectivity index (χ0v) is 13.9. The summed E-state index contributed by atoms with van der Waals surface area (Å²) >= 11 is 0. The molecular weight excluding hydrogens is 282 g/mol. The number of hydrogen-bond donors (Lipinski definition) is 1.